The van der Waals surface area contributed by atoms with Gasteiger partial charge in [-0.1, -0.05) is 6.07 Å². The molecule has 0 aromatic carbocycles. The molecule has 0 spiro atoms. The van der Waals surface area contributed by atoms with Crippen LogP contribution in [0, 0.1) is 0 Å². The number of carbonyl (C=O) groups is 2. The Bertz CT molecular complexity index is 1130. The number of carbonyl (C=O) groups excluding carboxylic acids is 2. The van der Waals surface area contributed by atoms with Crippen LogP contribution in [0.5, 0.6) is 0 Å². The standard InChI is InChI=1S/C19H21N7O5/c1-9(27)11-5-3-4-10(25-11)6-21-16-12-17(23-7-22-16)26(8-24-12)19-14(29)13(28)15(31-19)18(30)20-2/h3-5,7-8,13-15,19,28-29H,6H2,1-2H3,(H,20,30)(H,21,22,23)/t13?,14?,15-,19+/m0/s1. The molecule has 1 aliphatic heterocycles. The first kappa shape index (κ1) is 20.8. The first-order valence-electron chi connectivity index (χ1n) is 9.52. The summed E-state index contributed by atoms with van der Waals surface area (Å²) in [6.07, 6.45) is -2.33. The van der Waals surface area contributed by atoms with Gasteiger partial charge in [0.1, 0.15) is 24.2 Å². The summed E-state index contributed by atoms with van der Waals surface area (Å²) in [5, 5.41) is 26.1. The van der Waals surface area contributed by atoms with E-state index in [4.69, 9.17) is 4.74 Å². The third-order valence-corrected chi connectivity index (χ3v) is 4.98. The van der Waals surface area contributed by atoms with Gasteiger partial charge in [0.05, 0.1) is 18.6 Å². The molecule has 1 saturated heterocycles. The zero-order chi connectivity index (χ0) is 22.1. The van der Waals surface area contributed by atoms with Gasteiger partial charge in [-0.25, -0.2) is 19.9 Å². The maximum absolute atomic E-state index is 11.9. The molecule has 4 N–H and O–H groups in total. The largest absolute Gasteiger partial charge is 0.387 e. The number of pyridine rings is 1. The topological polar surface area (TPSA) is 164 Å². The van der Waals surface area contributed by atoms with Crippen molar-refractivity contribution in [2.24, 2.45) is 0 Å². The van der Waals surface area contributed by atoms with Crippen LogP contribution in [0.2, 0.25) is 0 Å². The minimum Gasteiger partial charge on any atom is -0.387 e. The maximum atomic E-state index is 11.9. The first-order valence-corrected chi connectivity index (χ1v) is 9.52. The number of aromatic nitrogens is 5. The Morgan fingerprint density at radius 2 is 2.00 bits per heavy atom. The van der Waals surface area contributed by atoms with Gasteiger partial charge in [0, 0.05) is 14.0 Å². The zero-order valence-corrected chi connectivity index (χ0v) is 16.8. The number of hydrogen-bond donors (Lipinski definition) is 4. The fourth-order valence-electron chi connectivity index (χ4n) is 3.36. The number of ketones is 1. The summed E-state index contributed by atoms with van der Waals surface area (Å²) >= 11 is 0. The van der Waals surface area contributed by atoms with Crippen LogP contribution >= 0.6 is 0 Å². The van der Waals surface area contributed by atoms with E-state index in [1.165, 1.54) is 31.2 Å². The van der Waals surface area contributed by atoms with Crippen LogP contribution in [-0.2, 0) is 16.1 Å². The number of fused-ring (bicyclic) bond motifs is 1. The van der Waals surface area contributed by atoms with E-state index in [9.17, 15) is 19.8 Å². The summed E-state index contributed by atoms with van der Waals surface area (Å²) in [4.78, 5) is 40.4. The highest BCUT2D eigenvalue weighted by molar-refractivity contribution is 5.92. The van der Waals surface area contributed by atoms with Gasteiger partial charge in [-0.05, 0) is 12.1 Å². The van der Waals surface area contributed by atoms with Crippen molar-refractivity contribution < 1.29 is 24.5 Å². The lowest BCUT2D eigenvalue weighted by Crippen LogP contribution is -2.41. The van der Waals surface area contributed by atoms with Gasteiger partial charge in [0.2, 0.25) is 0 Å². The second-order valence-corrected chi connectivity index (χ2v) is 7.01. The molecule has 31 heavy (non-hydrogen) atoms. The highest BCUT2D eigenvalue weighted by Crippen LogP contribution is 2.32. The van der Waals surface area contributed by atoms with Crippen LogP contribution in [0.4, 0.5) is 5.82 Å². The fraction of sp³-hybridized carbons (Fsp3) is 0.368. The number of aliphatic hydroxyl groups is 2. The van der Waals surface area contributed by atoms with E-state index in [1.807, 2.05) is 0 Å². The van der Waals surface area contributed by atoms with E-state index in [-0.39, 0.29) is 5.78 Å². The Labute approximate surface area is 176 Å². The van der Waals surface area contributed by atoms with Gasteiger partial charge in [-0.3, -0.25) is 14.2 Å². The normalized spacial score (nSPS) is 23.1. The van der Waals surface area contributed by atoms with Crippen LogP contribution in [0.1, 0.15) is 29.3 Å². The minimum atomic E-state index is -1.40. The number of Topliss-reactive ketones (excluding diaryl/α,β-unsaturated/α-hetero) is 1. The predicted molar refractivity (Wildman–Crippen MR) is 107 cm³/mol. The second kappa shape index (κ2) is 8.34. The van der Waals surface area contributed by atoms with E-state index >= 15 is 0 Å². The van der Waals surface area contributed by atoms with Crippen molar-refractivity contribution >= 4 is 28.7 Å². The van der Waals surface area contributed by atoms with Crippen molar-refractivity contribution in [1.29, 1.82) is 0 Å². The van der Waals surface area contributed by atoms with Gasteiger partial charge in [0.15, 0.2) is 35.1 Å². The van der Waals surface area contributed by atoms with Crippen molar-refractivity contribution in [3.8, 4) is 0 Å². The number of amides is 1. The van der Waals surface area contributed by atoms with E-state index in [1.54, 1.807) is 18.2 Å². The van der Waals surface area contributed by atoms with Gasteiger partial charge >= 0.3 is 0 Å². The summed E-state index contributed by atoms with van der Waals surface area (Å²) in [7, 11) is 1.41. The number of hydrogen-bond acceptors (Lipinski definition) is 10. The van der Waals surface area contributed by atoms with E-state index < -0.39 is 30.4 Å². The summed E-state index contributed by atoms with van der Waals surface area (Å²) in [6, 6.07) is 5.17. The Hall–Kier alpha value is -3.48. The van der Waals surface area contributed by atoms with E-state index in [2.05, 4.69) is 30.6 Å². The smallest absolute Gasteiger partial charge is 0.251 e. The Kier molecular flexibility index (Phi) is 5.59. The van der Waals surface area contributed by atoms with Gasteiger partial charge < -0.3 is 25.6 Å². The molecule has 0 aliphatic carbocycles. The number of nitrogens with zero attached hydrogens (tertiary/aromatic N) is 5. The number of nitrogens with one attached hydrogen (secondary N) is 2. The van der Waals surface area contributed by atoms with Crippen molar-refractivity contribution in [3.05, 3.63) is 42.2 Å². The molecule has 2 unspecified atom stereocenters. The van der Waals surface area contributed by atoms with Crippen molar-refractivity contribution in [2.75, 3.05) is 12.4 Å². The van der Waals surface area contributed by atoms with Crippen molar-refractivity contribution in [3.63, 3.8) is 0 Å². The van der Waals surface area contributed by atoms with E-state index in [0.717, 1.165) is 0 Å². The first-order chi connectivity index (χ1) is 14.9. The third kappa shape index (κ3) is 3.83. The molecular formula is C19H21N7O5. The molecule has 4 atom stereocenters. The molecule has 0 bridgehead atoms. The molecule has 4 rings (SSSR count). The number of ether oxygens (including phenoxy) is 1. The SMILES string of the molecule is CNC(=O)[C@H]1O[C@@H](n2cnc3c(NCc4cccc(C(C)=O)n4)ncnc32)C(O)C1O. The molecule has 3 aromatic heterocycles. The summed E-state index contributed by atoms with van der Waals surface area (Å²) in [6.45, 7) is 1.74. The lowest BCUT2D eigenvalue weighted by Gasteiger charge is -2.16. The fourth-order valence-corrected chi connectivity index (χ4v) is 3.36. The molecule has 4 heterocycles. The van der Waals surface area contributed by atoms with Crippen LogP contribution in [0.25, 0.3) is 11.2 Å². The van der Waals surface area contributed by atoms with Gasteiger partial charge in [0.25, 0.3) is 5.91 Å². The number of likely N-dealkylation sites (N-methyl/N-ethyl adjacent to an activating group) is 1. The highest BCUT2D eigenvalue weighted by Gasteiger charge is 2.47. The summed E-state index contributed by atoms with van der Waals surface area (Å²) in [5.74, 6) is -0.261. The monoisotopic (exact) mass is 427 g/mol. The molecule has 162 valence electrons. The molecule has 1 aliphatic rings. The predicted octanol–water partition coefficient (Wildman–Crippen LogP) is -0.599. The number of anilines is 1. The molecular weight excluding hydrogens is 406 g/mol. The van der Waals surface area contributed by atoms with Gasteiger partial charge in [-0.2, -0.15) is 0 Å². The lowest BCUT2D eigenvalue weighted by atomic mass is 10.1. The average Bonchev–Trinajstić information content (AvgIpc) is 3.33. The van der Waals surface area contributed by atoms with Crippen LogP contribution in [0.3, 0.4) is 0 Å². The van der Waals surface area contributed by atoms with Crippen molar-refractivity contribution in [2.45, 2.75) is 38.0 Å². The van der Waals surface area contributed by atoms with Crippen LogP contribution < -0.4 is 10.6 Å². The van der Waals surface area contributed by atoms with Crippen molar-refractivity contribution in [1.82, 2.24) is 29.8 Å². The lowest BCUT2D eigenvalue weighted by molar-refractivity contribution is -0.137. The number of rotatable bonds is 6. The minimum absolute atomic E-state index is 0.127. The maximum Gasteiger partial charge on any atom is 0.251 e. The second-order valence-electron chi connectivity index (χ2n) is 7.01. The molecule has 12 nitrogen and oxygen atoms in total. The third-order valence-electron chi connectivity index (χ3n) is 4.98. The molecule has 0 saturated carbocycles. The molecule has 12 heteroatoms. The Balaban J connectivity index is 1.58. The van der Waals surface area contributed by atoms with Crippen LogP contribution in [0.15, 0.2) is 30.9 Å². The van der Waals surface area contributed by atoms with Gasteiger partial charge in [-0.15, -0.1) is 0 Å². The highest BCUT2D eigenvalue weighted by atomic mass is 16.6. The number of aliphatic hydroxyl groups excluding tert-OH is 2. The average molecular weight is 427 g/mol. The van der Waals surface area contributed by atoms with Crippen LogP contribution in [-0.4, -0.2) is 71.8 Å². The Morgan fingerprint density at radius 1 is 1.19 bits per heavy atom. The molecule has 1 fully saturated rings. The zero-order valence-electron chi connectivity index (χ0n) is 16.8. The van der Waals surface area contributed by atoms with E-state index in [0.29, 0.717) is 34.9 Å². The quantitative estimate of drug-likeness (QED) is 0.373. The summed E-state index contributed by atoms with van der Waals surface area (Å²) < 4.78 is 7.02. The summed E-state index contributed by atoms with van der Waals surface area (Å²) in [5.41, 5.74) is 1.76. The number of imidazole rings is 1. The molecule has 1 amide bonds. The Morgan fingerprint density at radius 3 is 2.74 bits per heavy atom. The molecule has 0 radical (unpaired) electrons. The molecule has 3 aromatic rings.